The van der Waals surface area contributed by atoms with Crippen molar-refractivity contribution in [2.75, 3.05) is 31.1 Å². The lowest BCUT2D eigenvalue weighted by atomic mass is 10.2. The molecule has 0 spiro atoms. The second kappa shape index (κ2) is 7.16. The van der Waals surface area contributed by atoms with Crippen LogP contribution >= 0.6 is 22.9 Å². The highest BCUT2D eigenvalue weighted by atomic mass is 35.5. The molecule has 27 heavy (non-hydrogen) atoms. The largest absolute Gasteiger partial charge is 0.362 e. The Balaban J connectivity index is 1.40. The molecule has 2 aromatic heterocycles. The summed E-state index contributed by atoms with van der Waals surface area (Å²) in [4.78, 5) is 32.5. The summed E-state index contributed by atoms with van der Waals surface area (Å²) < 4.78 is 1.91. The summed E-state index contributed by atoms with van der Waals surface area (Å²) in [6.07, 6.45) is 4.05. The smallest absolute Gasteiger partial charge is 0.294 e. The number of nitro benzene ring substituents is 1. The fourth-order valence-corrected chi connectivity index (χ4v) is 4.12. The molecule has 0 unspecified atom stereocenters. The van der Waals surface area contributed by atoms with E-state index in [2.05, 4.69) is 4.98 Å². The van der Waals surface area contributed by atoms with Crippen LogP contribution in [-0.4, -0.2) is 51.3 Å². The Hall–Kier alpha value is -2.65. The Labute approximate surface area is 163 Å². The van der Waals surface area contributed by atoms with E-state index < -0.39 is 4.92 Å². The van der Waals surface area contributed by atoms with Gasteiger partial charge in [-0.3, -0.25) is 19.3 Å². The fraction of sp³-hybridized carbons (Fsp3) is 0.294. The summed E-state index contributed by atoms with van der Waals surface area (Å²) in [6.45, 7) is 2.10. The van der Waals surface area contributed by atoms with Crippen LogP contribution in [0.25, 0.3) is 4.96 Å². The minimum absolute atomic E-state index is 0.0136. The van der Waals surface area contributed by atoms with Gasteiger partial charge in [0, 0.05) is 55.0 Å². The summed E-state index contributed by atoms with van der Waals surface area (Å²) in [5.41, 5.74) is 1.27. The summed E-state index contributed by atoms with van der Waals surface area (Å²) in [6, 6.07) is 4.67. The lowest BCUT2D eigenvalue weighted by Gasteiger charge is -2.35. The van der Waals surface area contributed by atoms with Crippen LogP contribution in [0.4, 0.5) is 11.4 Å². The van der Waals surface area contributed by atoms with Crippen molar-refractivity contribution in [2.24, 2.45) is 0 Å². The van der Waals surface area contributed by atoms with Gasteiger partial charge in [-0.2, -0.15) is 0 Å². The molecule has 0 radical (unpaired) electrons. The first-order valence-corrected chi connectivity index (χ1v) is 9.65. The average Bonchev–Trinajstić information content (AvgIpc) is 3.23. The number of carbonyl (C=O) groups excluding carboxylic acids is 1. The number of imidazole rings is 1. The van der Waals surface area contributed by atoms with E-state index in [1.807, 2.05) is 27.1 Å². The Morgan fingerprint density at radius 3 is 2.78 bits per heavy atom. The zero-order valence-corrected chi connectivity index (χ0v) is 15.8. The molecule has 4 rings (SSSR count). The number of nitro groups is 1. The fourth-order valence-electron chi connectivity index (χ4n) is 3.23. The lowest BCUT2D eigenvalue weighted by molar-refractivity contribution is -0.384. The molecule has 1 saturated heterocycles. The zero-order valence-electron chi connectivity index (χ0n) is 14.2. The van der Waals surface area contributed by atoms with Crippen molar-refractivity contribution in [1.82, 2.24) is 14.3 Å². The number of halogens is 1. The van der Waals surface area contributed by atoms with E-state index in [1.54, 1.807) is 17.0 Å². The van der Waals surface area contributed by atoms with Gasteiger partial charge in [0.25, 0.3) is 5.69 Å². The predicted octanol–water partition coefficient (Wildman–Crippen LogP) is 2.85. The quantitative estimate of drug-likeness (QED) is 0.492. The molecule has 0 aliphatic carbocycles. The van der Waals surface area contributed by atoms with Crippen LogP contribution in [0.5, 0.6) is 0 Å². The molecule has 0 saturated carbocycles. The Bertz CT molecular complexity index is 981. The second-order valence-corrected chi connectivity index (χ2v) is 7.57. The minimum Gasteiger partial charge on any atom is -0.362 e. The van der Waals surface area contributed by atoms with E-state index in [1.165, 1.54) is 17.4 Å². The van der Waals surface area contributed by atoms with E-state index in [0.717, 1.165) is 10.7 Å². The van der Waals surface area contributed by atoms with Crippen LogP contribution in [-0.2, 0) is 11.2 Å². The number of hydrogen-bond acceptors (Lipinski definition) is 6. The molecule has 0 bridgehead atoms. The van der Waals surface area contributed by atoms with Gasteiger partial charge in [-0.15, -0.1) is 11.3 Å². The molecule has 8 nitrogen and oxygen atoms in total. The van der Waals surface area contributed by atoms with Crippen molar-refractivity contribution >= 4 is 45.2 Å². The number of hydrogen-bond donors (Lipinski definition) is 0. The molecule has 1 aliphatic heterocycles. The molecule has 0 atom stereocenters. The number of anilines is 1. The number of aromatic nitrogens is 2. The van der Waals surface area contributed by atoms with Crippen molar-refractivity contribution in [2.45, 2.75) is 6.42 Å². The van der Waals surface area contributed by atoms with Crippen molar-refractivity contribution in [3.63, 3.8) is 0 Å². The first-order valence-electron chi connectivity index (χ1n) is 8.39. The zero-order chi connectivity index (χ0) is 19.0. The van der Waals surface area contributed by atoms with Crippen molar-refractivity contribution in [1.29, 1.82) is 0 Å². The second-order valence-electron chi connectivity index (χ2n) is 6.26. The van der Waals surface area contributed by atoms with Gasteiger partial charge in [-0.05, 0) is 12.1 Å². The summed E-state index contributed by atoms with van der Waals surface area (Å²) in [7, 11) is 0. The average molecular weight is 406 g/mol. The highest BCUT2D eigenvalue weighted by Gasteiger charge is 2.26. The summed E-state index contributed by atoms with van der Waals surface area (Å²) in [5, 5.41) is 13.6. The minimum atomic E-state index is -0.427. The van der Waals surface area contributed by atoms with E-state index in [4.69, 9.17) is 11.6 Å². The summed E-state index contributed by atoms with van der Waals surface area (Å²) >= 11 is 7.41. The highest BCUT2D eigenvalue weighted by molar-refractivity contribution is 7.15. The van der Waals surface area contributed by atoms with Crippen LogP contribution in [0.3, 0.4) is 0 Å². The Morgan fingerprint density at radius 1 is 1.30 bits per heavy atom. The predicted molar refractivity (Wildman–Crippen MR) is 104 cm³/mol. The standard InChI is InChI=1S/C17H16ClN5O3S/c18-12-1-2-14(15(9-12)23(25)26)20-3-5-21(6-4-20)16(24)10-13-11-22-7-8-27-17(22)19-13/h1-2,7-9,11H,3-6,10H2. The topological polar surface area (TPSA) is 84.0 Å². The first kappa shape index (κ1) is 17.7. The lowest BCUT2D eigenvalue weighted by Crippen LogP contribution is -2.49. The van der Waals surface area contributed by atoms with Crippen LogP contribution in [0.2, 0.25) is 5.02 Å². The van der Waals surface area contributed by atoms with E-state index in [0.29, 0.717) is 36.9 Å². The molecule has 10 heteroatoms. The number of benzene rings is 1. The first-order chi connectivity index (χ1) is 13.0. The van der Waals surface area contributed by atoms with E-state index in [-0.39, 0.29) is 18.0 Å². The summed E-state index contributed by atoms with van der Waals surface area (Å²) in [5.74, 6) is 0.0195. The van der Waals surface area contributed by atoms with E-state index >= 15 is 0 Å². The van der Waals surface area contributed by atoms with Crippen LogP contribution in [0, 0.1) is 10.1 Å². The molecule has 1 amide bonds. The van der Waals surface area contributed by atoms with Gasteiger partial charge in [0.1, 0.15) is 5.69 Å². The third-order valence-electron chi connectivity index (χ3n) is 4.58. The maximum Gasteiger partial charge on any atom is 0.294 e. The van der Waals surface area contributed by atoms with Gasteiger partial charge in [0.05, 0.1) is 17.0 Å². The number of nitrogens with zero attached hydrogens (tertiary/aromatic N) is 5. The Morgan fingerprint density at radius 2 is 2.07 bits per heavy atom. The number of piperazine rings is 1. The Kier molecular flexibility index (Phi) is 4.71. The van der Waals surface area contributed by atoms with Gasteiger partial charge in [-0.25, -0.2) is 4.98 Å². The maximum atomic E-state index is 12.6. The molecule has 140 valence electrons. The van der Waals surface area contributed by atoms with Crippen molar-refractivity contribution in [3.05, 3.63) is 56.8 Å². The molecule has 1 aromatic carbocycles. The molecule has 1 aliphatic rings. The molecular formula is C17H16ClN5O3S. The number of fused-ring (bicyclic) bond motifs is 1. The molecule has 3 heterocycles. The van der Waals surface area contributed by atoms with Crippen LogP contribution < -0.4 is 4.90 Å². The van der Waals surface area contributed by atoms with Gasteiger partial charge >= 0.3 is 0 Å². The molecule has 1 fully saturated rings. The van der Waals surface area contributed by atoms with Gasteiger partial charge in [0.2, 0.25) is 5.91 Å². The van der Waals surface area contributed by atoms with Gasteiger partial charge in [0.15, 0.2) is 4.96 Å². The third-order valence-corrected chi connectivity index (χ3v) is 5.59. The monoisotopic (exact) mass is 405 g/mol. The van der Waals surface area contributed by atoms with Crippen molar-refractivity contribution in [3.8, 4) is 0 Å². The molecule has 3 aromatic rings. The number of rotatable bonds is 4. The van der Waals surface area contributed by atoms with E-state index in [9.17, 15) is 14.9 Å². The maximum absolute atomic E-state index is 12.6. The van der Waals surface area contributed by atoms with Crippen molar-refractivity contribution < 1.29 is 9.72 Å². The molecular weight excluding hydrogens is 390 g/mol. The van der Waals surface area contributed by atoms with Crippen LogP contribution in [0.1, 0.15) is 5.69 Å². The number of carbonyl (C=O) groups is 1. The number of amides is 1. The SMILES string of the molecule is O=C(Cc1cn2ccsc2n1)N1CCN(c2ccc(Cl)cc2[N+](=O)[O-])CC1. The highest BCUT2D eigenvalue weighted by Crippen LogP contribution is 2.31. The van der Waals surface area contributed by atoms with Gasteiger partial charge in [-0.1, -0.05) is 11.6 Å². The molecule has 0 N–H and O–H groups in total. The third kappa shape index (κ3) is 3.60. The number of thiazole rings is 1. The van der Waals surface area contributed by atoms with Gasteiger partial charge < -0.3 is 9.80 Å². The van der Waals surface area contributed by atoms with Crippen LogP contribution in [0.15, 0.2) is 36.0 Å². The normalized spacial score (nSPS) is 14.7.